The normalized spacial score (nSPS) is 10.7. The van der Waals surface area contributed by atoms with E-state index in [4.69, 9.17) is 16.0 Å². The average Bonchev–Trinajstić information content (AvgIpc) is 2.92. The lowest BCUT2D eigenvalue weighted by Crippen LogP contribution is -1.98. The highest BCUT2D eigenvalue weighted by molar-refractivity contribution is 6.31. The molecule has 0 spiro atoms. The van der Waals surface area contributed by atoms with Crippen molar-refractivity contribution in [3.8, 4) is 0 Å². The topological polar surface area (TPSA) is 56.5 Å². The highest BCUT2D eigenvalue weighted by Crippen LogP contribution is 2.14. The van der Waals surface area contributed by atoms with E-state index in [0.717, 1.165) is 0 Å². The third-order valence-electron chi connectivity index (χ3n) is 2.52. The molecule has 0 aliphatic heterocycles. The molecule has 5 heteroatoms. The third-order valence-corrected chi connectivity index (χ3v) is 2.76. The lowest BCUT2D eigenvalue weighted by molar-refractivity contribution is 0.0564. The van der Waals surface area contributed by atoms with Crippen LogP contribution in [0.1, 0.15) is 26.7 Å². The van der Waals surface area contributed by atoms with Crippen LogP contribution in [0, 0.1) is 0 Å². The zero-order chi connectivity index (χ0) is 14.5. The van der Waals surface area contributed by atoms with Crippen LogP contribution in [-0.2, 0) is 4.74 Å². The molecule has 0 aliphatic carbocycles. The van der Waals surface area contributed by atoms with Crippen molar-refractivity contribution in [2.45, 2.75) is 0 Å². The molecule has 0 aliphatic rings. The van der Waals surface area contributed by atoms with E-state index in [0.29, 0.717) is 16.3 Å². The molecule has 0 saturated heterocycles. The first kappa shape index (κ1) is 14.1. The molecule has 2 aromatic rings. The number of halogens is 1. The van der Waals surface area contributed by atoms with Crippen LogP contribution < -0.4 is 0 Å². The summed E-state index contributed by atoms with van der Waals surface area (Å²) in [5.41, 5.74) is 0.480. The molecule has 0 saturated carbocycles. The maximum absolute atomic E-state index is 11.9. The molecule has 0 radical (unpaired) electrons. The summed E-state index contributed by atoms with van der Waals surface area (Å²) in [7, 11) is 1.27. The van der Waals surface area contributed by atoms with Gasteiger partial charge in [-0.15, -0.1) is 0 Å². The van der Waals surface area contributed by atoms with Gasteiger partial charge in [-0.2, -0.15) is 0 Å². The van der Waals surface area contributed by atoms with Crippen molar-refractivity contribution in [3.05, 3.63) is 64.6 Å². The Morgan fingerprint density at radius 2 is 2.05 bits per heavy atom. The van der Waals surface area contributed by atoms with Gasteiger partial charge >= 0.3 is 5.97 Å². The van der Waals surface area contributed by atoms with Crippen molar-refractivity contribution in [2.75, 3.05) is 7.11 Å². The zero-order valence-corrected chi connectivity index (χ0v) is 11.4. The number of hydrogen-bond donors (Lipinski definition) is 0. The highest BCUT2D eigenvalue weighted by Gasteiger charge is 2.10. The third kappa shape index (κ3) is 3.36. The smallest absolute Gasteiger partial charge is 0.373 e. The fourth-order valence-corrected chi connectivity index (χ4v) is 1.74. The molecule has 2 rings (SSSR count). The molecule has 4 nitrogen and oxygen atoms in total. The van der Waals surface area contributed by atoms with Crippen LogP contribution in [0.5, 0.6) is 0 Å². The molecule has 1 heterocycles. The molecule has 0 atom stereocenters. The van der Waals surface area contributed by atoms with Crippen LogP contribution in [0.2, 0.25) is 5.02 Å². The molecule has 102 valence electrons. The molecular weight excluding hydrogens is 280 g/mol. The van der Waals surface area contributed by atoms with Gasteiger partial charge in [0.25, 0.3) is 0 Å². The lowest BCUT2D eigenvalue weighted by atomic mass is 10.1. The van der Waals surface area contributed by atoms with E-state index in [2.05, 4.69) is 4.74 Å². The number of carbonyl (C=O) groups is 2. The number of ketones is 1. The summed E-state index contributed by atoms with van der Waals surface area (Å²) in [6.07, 6.45) is 2.83. The Hall–Kier alpha value is -2.33. The van der Waals surface area contributed by atoms with Crippen LogP contribution in [0.25, 0.3) is 6.08 Å². The van der Waals surface area contributed by atoms with Gasteiger partial charge in [-0.1, -0.05) is 23.7 Å². The van der Waals surface area contributed by atoms with E-state index in [1.54, 1.807) is 30.3 Å². The van der Waals surface area contributed by atoms with Crippen LogP contribution in [0.4, 0.5) is 0 Å². The summed E-state index contributed by atoms with van der Waals surface area (Å²) in [5, 5.41) is 0.496. The zero-order valence-electron chi connectivity index (χ0n) is 10.6. The molecule has 0 amide bonds. The quantitative estimate of drug-likeness (QED) is 0.490. The first-order chi connectivity index (χ1) is 9.60. The summed E-state index contributed by atoms with van der Waals surface area (Å²) in [6.45, 7) is 0. The predicted octanol–water partition coefficient (Wildman–Crippen LogP) is 3.62. The second-order valence-corrected chi connectivity index (χ2v) is 4.34. The highest BCUT2D eigenvalue weighted by atomic mass is 35.5. The summed E-state index contributed by atoms with van der Waals surface area (Å²) in [4.78, 5) is 23.1. The molecule has 1 aromatic carbocycles. The molecule has 0 fully saturated rings. The second kappa shape index (κ2) is 6.21. The Labute approximate surface area is 120 Å². The number of rotatable bonds is 4. The van der Waals surface area contributed by atoms with E-state index >= 15 is 0 Å². The Bertz CT molecular complexity index is 670. The van der Waals surface area contributed by atoms with Gasteiger partial charge in [-0.25, -0.2) is 4.79 Å². The average molecular weight is 291 g/mol. The fraction of sp³-hybridized carbons (Fsp3) is 0.0667. The van der Waals surface area contributed by atoms with E-state index in [1.807, 2.05) is 0 Å². The number of esters is 1. The molecule has 0 unspecified atom stereocenters. The van der Waals surface area contributed by atoms with E-state index < -0.39 is 5.97 Å². The number of methoxy groups -OCH3 is 1. The van der Waals surface area contributed by atoms with Gasteiger partial charge in [-0.3, -0.25) is 4.79 Å². The molecule has 0 N–H and O–H groups in total. The van der Waals surface area contributed by atoms with Gasteiger partial charge in [0.15, 0.2) is 5.78 Å². The SMILES string of the molecule is COC(=O)c1ccc(/C=C/C(=O)c2cccc(Cl)c2)o1. The number of hydrogen-bond acceptors (Lipinski definition) is 4. The number of allylic oxidation sites excluding steroid dienone is 1. The molecule has 20 heavy (non-hydrogen) atoms. The van der Waals surface area contributed by atoms with E-state index in [-0.39, 0.29) is 11.5 Å². The minimum atomic E-state index is -0.564. The van der Waals surface area contributed by atoms with Gasteiger partial charge in [0.2, 0.25) is 5.76 Å². The predicted molar refractivity (Wildman–Crippen MR) is 74.9 cm³/mol. The summed E-state index contributed by atoms with van der Waals surface area (Å²) in [6, 6.07) is 9.70. The molecular formula is C15H11ClO4. The van der Waals surface area contributed by atoms with Crippen molar-refractivity contribution in [1.82, 2.24) is 0 Å². The Morgan fingerprint density at radius 3 is 2.75 bits per heavy atom. The number of carbonyl (C=O) groups excluding carboxylic acids is 2. The standard InChI is InChI=1S/C15H11ClO4/c1-19-15(18)14-8-6-12(20-14)5-7-13(17)10-3-2-4-11(16)9-10/h2-9H,1H3/b7-5+. The Kier molecular flexibility index (Phi) is 4.38. The van der Waals surface area contributed by atoms with E-state index in [9.17, 15) is 9.59 Å². The maximum Gasteiger partial charge on any atom is 0.373 e. The van der Waals surface area contributed by atoms with Crippen LogP contribution in [-0.4, -0.2) is 18.9 Å². The van der Waals surface area contributed by atoms with Crippen molar-refractivity contribution in [2.24, 2.45) is 0 Å². The second-order valence-electron chi connectivity index (χ2n) is 3.90. The minimum absolute atomic E-state index is 0.0855. The first-order valence-corrected chi connectivity index (χ1v) is 6.14. The van der Waals surface area contributed by atoms with Crippen molar-refractivity contribution >= 4 is 29.4 Å². The summed E-state index contributed by atoms with van der Waals surface area (Å²) >= 11 is 5.81. The minimum Gasteiger partial charge on any atom is -0.463 e. The van der Waals surface area contributed by atoms with Crippen LogP contribution in [0.15, 0.2) is 46.9 Å². The maximum atomic E-state index is 11.9. The molecule has 1 aromatic heterocycles. The summed E-state index contributed by atoms with van der Waals surface area (Å²) in [5.74, 6) is -0.294. The van der Waals surface area contributed by atoms with Gasteiger partial charge < -0.3 is 9.15 Å². The van der Waals surface area contributed by atoms with Crippen LogP contribution in [0.3, 0.4) is 0 Å². The largest absolute Gasteiger partial charge is 0.463 e. The van der Waals surface area contributed by atoms with Gasteiger partial charge in [0, 0.05) is 10.6 Å². The summed E-state index contributed by atoms with van der Waals surface area (Å²) < 4.78 is 9.73. The lowest BCUT2D eigenvalue weighted by Gasteiger charge is -1.95. The monoisotopic (exact) mass is 290 g/mol. The Morgan fingerprint density at radius 1 is 1.25 bits per heavy atom. The van der Waals surface area contributed by atoms with Gasteiger partial charge in [0.1, 0.15) is 5.76 Å². The van der Waals surface area contributed by atoms with E-state index in [1.165, 1.54) is 25.3 Å². The Balaban J connectivity index is 2.11. The van der Waals surface area contributed by atoms with Crippen LogP contribution >= 0.6 is 11.6 Å². The number of ether oxygens (including phenoxy) is 1. The van der Waals surface area contributed by atoms with Gasteiger partial charge in [-0.05, 0) is 36.4 Å². The van der Waals surface area contributed by atoms with Crippen molar-refractivity contribution in [1.29, 1.82) is 0 Å². The van der Waals surface area contributed by atoms with Crippen molar-refractivity contribution < 1.29 is 18.7 Å². The fourth-order valence-electron chi connectivity index (χ4n) is 1.55. The number of furan rings is 1. The van der Waals surface area contributed by atoms with Crippen molar-refractivity contribution in [3.63, 3.8) is 0 Å². The van der Waals surface area contributed by atoms with Gasteiger partial charge in [0.05, 0.1) is 7.11 Å². The first-order valence-electron chi connectivity index (χ1n) is 5.76. The number of benzene rings is 1. The molecule has 0 bridgehead atoms.